The summed E-state index contributed by atoms with van der Waals surface area (Å²) >= 11 is 0. The summed E-state index contributed by atoms with van der Waals surface area (Å²) in [6.45, 7) is 3.39. The van der Waals surface area contributed by atoms with Gasteiger partial charge >= 0.3 is 0 Å². The fourth-order valence-corrected chi connectivity index (χ4v) is 2.76. The first-order chi connectivity index (χ1) is 7.26. The highest BCUT2D eigenvalue weighted by Gasteiger charge is 2.42. The van der Waals surface area contributed by atoms with E-state index < -0.39 is 0 Å². The van der Waals surface area contributed by atoms with Gasteiger partial charge in [0.2, 0.25) is 0 Å². The summed E-state index contributed by atoms with van der Waals surface area (Å²) in [5, 5.41) is 12.4. The molecule has 0 bridgehead atoms. The van der Waals surface area contributed by atoms with Crippen molar-refractivity contribution in [3.63, 3.8) is 0 Å². The molecular weight excluding hydrogens is 184 g/mol. The molecule has 0 amide bonds. The van der Waals surface area contributed by atoms with Crippen molar-refractivity contribution in [2.45, 2.75) is 57.9 Å². The molecule has 0 unspecified atom stereocenters. The molecule has 0 heterocycles. The van der Waals surface area contributed by atoms with Crippen molar-refractivity contribution in [1.82, 2.24) is 5.32 Å². The first-order valence-corrected chi connectivity index (χ1v) is 6.36. The van der Waals surface area contributed by atoms with Crippen LogP contribution in [0.1, 0.15) is 51.9 Å². The third-order valence-electron chi connectivity index (χ3n) is 4.32. The zero-order valence-corrected chi connectivity index (χ0v) is 9.76. The highest BCUT2D eigenvalue weighted by Crippen LogP contribution is 2.48. The maximum atomic E-state index is 8.74. The molecular formula is C13H22N2. The summed E-state index contributed by atoms with van der Waals surface area (Å²) in [4.78, 5) is 0. The summed E-state index contributed by atoms with van der Waals surface area (Å²) in [5.41, 5.74) is 0.363. The summed E-state index contributed by atoms with van der Waals surface area (Å²) in [6, 6.07) is 2.98. The molecule has 0 saturated heterocycles. The van der Waals surface area contributed by atoms with Crippen LogP contribution in [0.3, 0.4) is 0 Å². The molecule has 1 N–H and O–H groups in total. The Morgan fingerprint density at radius 2 is 2.07 bits per heavy atom. The SMILES string of the molecule is C[C@@H](NCC1(CC#N)CC1)C1CCCC1. The maximum absolute atomic E-state index is 8.74. The van der Waals surface area contributed by atoms with E-state index in [2.05, 4.69) is 18.3 Å². The second-order valence-corrected chi connectivity index (χ2v) is 5.55. The van der Waals surface area contributed by atoms with E-state index in [1.807, 2.05) is 0 Å². The smallest absolute Gasteiger partial charge is 0.0628 e. The topological polar surface area (TPSA) is 35.8 Å². The molecule has 15 heavy (non-hydrogen) atoms. The molecule has 0 aliphatic heterocycles. The zero-order valence-electron chi connectivity index (χ0n) is 9.76. The summed E-state index contributed by atoms with van der Waals surface area (Å²) in [7, 11) is 0. The highest BCUT2D eigenvalue weighted by atomic mass is 14.9. The van der Waals surface area contributed by atoms with Gasteiger partial charge in [-0.3, -0.25) is 0 Å². The third-order valence-corrected chi connectivity index (χ3v) is 4.32. The minimum Gasteiger partial charge on any atom is -0.313 e. The minimum absolute atomic E-state index is 0.363. The Kier molecular flexibility index (Phi) is 3.31. The van der Waals surface area contributed by atoms with Crippen LogP contribution in [-0.4, -0.2) is 12.6 Å². The Morgan fingerprint density at radius 1 is 1.40 bits per heavy atom. The van der Waals surface area contributed by atoms with E-state index >= 15 is 0 Å². The van der Waals surface area contributed by atoms with Gasteiger partial charge in [0, 0.05) is 19.0 Å². The zero-order chi connectivity index (χ0) is 10.7. The summed E-state index contributed by atoms with van der Waals surface area (Å²) in [5.74, 6) is 0.892. The van der Waals surface area contributed by atoms with Crippen LogP contribution in [0.15, 0.2) is 0 Å². The molecule has 0 spiro atoms. The van der Waals surface area contributed by atoms with Crippen molar-refractivity contribution in [1.29, 1.82) is 5.26 Å². The Hall–Kier alpha value is -0.550. The molecule has 2 rings (SSSR count). The Balaban J connectivity index is 1.71. The van der Waals surface area contributed by atoms with E-state index in [4.69, 9.17) is 5.26 Å². The monoisotopic (exact) mass is 206 g/mol. The summed E-state index contributed by atoms with van der Waals surface area (Å²) in [6.07, 6.45) is 8.90. The molecule has 2 saturated carbocycles. The minimum atomic E-state index is 0.363. The predicted octanol–water partition coefficient (Wildman–Crippen LogP) is 2.85. The van der Waals surface area contributed by atoms with E-state index in [0.717, 1.165) is 18.9 Å². The van der Waals surface area contributed by atoms with Gasteiger partial charge in [-0.1, -0.05) is 12.8 Å². The third kappa shape index (κ3) is 2.72. The molecule has 0 aromatic carbocycles. The van der Waals surface area contributed by atoms with Gasteiger partial charge in [0.1, 0.15) is 0 Å². The van der Waals surface area contributed by atoms with Crippen molar-refractivity contribution >= 4 is 0 Å². The van der Waals surface area contributed by atoms with Crippen molar-refractivity contribution in [2.75, 3.05) is 6.54 Å². The van der Waals surface area contributed by atoms with Gasteiger partial charge in [-0.05, 0) is 43.9 Å². The van der Waals surface area contributed by atoms with E-state index in [-0.39, 0.29) is 0 Å². The fraction of sp³-hybridized carbons (Fsp3) is 0.923. The standard InChI is InChI=1S/C13H22N2/c1-11(12-4-2-3-5-12)15-10-13(6-7-13)8-9-14/h11-12,15H,2-8,10H2,1H3/t11-/m1/s1. The molecule has 0 aromatic rings. The van der Waals surface area contributed by atoms with Crippen LogP contribution in [0.4, 0.5) is 0 Å². The van der Waals surface area contributed by atoms with Crippen LogP contribution in [0, 0.1) is 22.7 Å². The van der Waals surface area contributed by atoms with E-state index in [1.165, 1.54) is 38.5 Å². The Bertz CT molecular complexity index is 244. The number of hydrogen-bond acceptors (Lipinski definition) is 2. The number of hydrogen-bond donors (Lipinski definition) is 1. The predicted molar refractivity (Wildman–Crippen MR) is 61.3 cm³/mol. The van der Waals surface area contributed by atoms with Crippen LogP contribution in [-0.2, 0) is 0 Å². The van der Waals surface area contributed by atoms with Crippen molar-refractivity contribution in [2.24, 2.45) is 11.3 Å². The molecule has 2 nitrogen and oxygen atoms in total. The molecule has 1 atom stereocenters. The lowest BCUT2D eigenvalue weighted by Crippen LogP contribution is -2.36. The van der Waals surface area contributed by atoms with E-state index in [9.17, 15) is 0 Å². The van der Waals surface area contributed by atoms with Gasteiger partial charge in [0.25, 0.3) is 0 Å². The molecule has 0 aromatic heterocycles. The average Bonchev–Trinajstić information content (AvgIpc) is 2.81. The van der Waals surface area contributed by atoms with Gasteiger partial charge in [0.15, 0.2) is 0 Å². The molecule has 2 heteroatoms. The van der Waals surface area contributed by atoms with Gasteiger partial charge in [-0.2, -0.15) is 5.26 Å². The lowest BCUT2D eigenvalue weighted by Gasteiger charge is -2.23. The van der Waals surface area contributed by atoms with E-state index in [1.54, 1.807) is 0 Å². The van der Waals surface area contributed by atoms with Gasteiger partial charge in [-0.15, -0.1) is 0 Å². The number of nitrogens with one attached hydrogen (secondary N) is 1. The number of rotatable bonds is 5. The highest BCUT2D eigenvalue weighted by molar-refractivity contribution is 5.01. The molecule has 2 aliphatic carbocycles. The van der Waals surface area contributed by atoms with Crippen LogP contribution < -0.4 is 5.32 Å². The van der Waals surface area contributed by atoms with Crippen molar-refractivity contribution < 1.29 is 0 Å². The molecule has 2 fully saturated rings. The summed E-state index contributed by atoms with van der Waals surface area (Å²) < 4.78 is 0. The second kappa shape index (κ2) is 4.53. The Morgan fingerprint density at radius 3 is 2.60 bits per heavy atom. The van der Waals surface area contributed by atoms with Gasteiger partial charge in [0.05, 0.1) is 6.07 Å². The van der Waals surface area contributed by atoms with Crippen LogP contribution >= 0.6 is 0 Å². The second-order valence-electron chi connectivity index (χ2n) is 5.55. The molecule has 2 aliphatic rings. The van der Waals surface area contributed by atoms with Crippen LogP contribution in [0.2, 0.25) is 0 Å². The molecule has 84 valence electrons. The number of nitrogens with zero attached hydrogens (tertiary/aromatic N) is 1. The first-order valence-electron chi connectivity index (χ1n) is 6.36. The first kappa shape index (κ1) is 11.0. The van der Waals surface area contributed by atoms with Crippen LogP contribution in [0.5, 0.6) is 0 Å². The quantitative estimate of drug-likeness (QED) is 0.750. The van der Waals surface area contributed by atoms with Gasteiger partial charge < -0.3 is 5.32 Å². The normalized spacial score (nSPS) is 26.1. The lowest BCUT2D eigenvalue weighted by atomic mass is 9.97. The van der Waals surface area contributed by atoms with E-state index in [0.29, 0.717) is 11.5 Å². The van der Waals surface area contributed by atoms with Gasteiger partial charge in [-0.25, -0.2) is 0 Å². The van der Waals surface area contributed by atoms with Crippen molar-refractivity contribution in [3.8, 4) is 6.07 Å². The van der Waals surface area contributed by atoms with Crippen LogP contribution in [0.25, 0.3) is 0 Å². The van der Waals surface area contributed by atoms with Crippen molar-refractivity contribution in [3.05, 3.63) is 0 Å². The molecule has 0 radical (unpaired) electrons. The Labute approximate surface area is 93.0 Å². The maximum Gasteiger partial charge on any atom is 0.0628 e. The fourth-order valence-electron chi connectivity index (χ4n) is 2.76. The number of nitriles is 1. The largest absolute Gasteiger partial charge is 0.313 e. The average molecular weight is 206 g/mol. The lowest BCUT2D eigenvalue weighted by molar-refractivity contribution is 0.344.